The van der Waals surface area contributed by atoms with Crippen molar-refractivity contribution in [2.75, 3.05) is 5.32 Å². The molecule has 0 bridgehead atoms. The van der Waals surface area contributed by atoms with Gasteiger partial charge in [0.05, 0.1) is 16.0 Å². The molecular formula is C20H14N2O4S. The Morgan fingerprint density at radius 1 is 1.00 bits per heavy atom. The number of aromatic hydroxyl groups is 1. The zero-order valence-corrected chi connectivity index (χ0v) is 14.7. The maximum Gasteiger partial charge on any atom is 0.265 e. The number of carbonyl (C=O) groups is 2. The van der Waals surface area contributed by atoms with Gasteiger partial charge in [-0.1, -0.05) is 36.4 Å². The highest BCUT2D eigenvalue weighted by molar-refractivity contribution is 7.12. The van der Waals surface area contributed by atoms with Crippen LogP contribution in [0.2, 0.25) is 0 Å². The number of hydrogen-bond donors (Lipinski definition) is 3. The number of amides is 1. The first-order valence-electron chi connectivity index (χ1n) is 8.07. The van der Waals surface area contributed by atoms with Crippen molar-refractivity contribution in [3.63, 3.8) is 0 Å². The summed E-state index contributed by atoms with van der Waals surface area (Å²) in [5, 5.41) is 25.4. The van der Waals surface area contributed by atoms with Crippen LogP contribution in [-0.4, -0.2) is 26.7 Å². The predicted molar refractivity (Wildman–Crippen MR) is 103 cm³/mol. The van der Waals surface area contributed by atoms with E-state index < -0.39 is 11.7 Å². The second-order valence-corrected chi connectivity index (χ2v) is 6.82. The van der Waals surface area contributed by atoms with Gasteiger partial charge in [-0.25, -0.2) is 0 Å². The molecule has 1 amide bonds. The third-order valence-corrected chi connectivity index (χ3v) is 5.05. The highest BCUT2D eigenvalue weighted by Gasteiger charge is 2.24. The Labute approximate surface area is 157 Å². The fourth-order valence-corrected chi connectivity index (χ4v) is 3.51. The summed E-state index contributed by atoms with van der Waals surface area (Å²) in [7, 11) is 0. The minimum atomic E-state index is -0.541. The first-order valence-corrected chi connectivity index (χ1v) is 8.95. The van der Waals surface area contributed by atoms with E-state index in [-0.39, 0.29) is 17.0 Å². The number of aromatic nitrogens is 1. The molecule has 4 aromatic rings. The molecule has 0 unspecified atom stereocenters. The topological polar surface area (TPSA) is 91.6 Å². The number of ketones is 1. The Kier molecular flexibility index (Phi) is 4.13. The minimum absolute atomic E-state index is 0.00910. The van der Waals surface area contributed by atoms with E-state index in [0.29, 0.717) is 26.2 Å². The molecule has 0 aliphatic rings. The normalized spacial score (nSPS) is 10.8. The number of nitrogens with zero attached hydrogens (tertiary/aromatic N) is 1. The van der Waals surface area contributed by atoms with Gasteiger partial charge >= 0.3 is 0 Å². The lowest BCUT2D eigenvalue weighted by atomic mass is 10.0. The lowest BCUT2D eigenvalue weighted by molar-refractivity contribution is 0.102. The Hall–Kier alpha value is -3.58. The molecule has 6 nitrogen and oxygen atoms in total. The lowest BCUT2D eigenvalue weighted by Crippen LogP contribution is -2.10. The second kappa shape index (κ2) is 6.62. The molecular weight excluding hydrogens is 364 g/mol. The maximum absolute atomic E-state index is 12.8. The number of hydrogen-bond acceptors (Lipinski definition) is 5. The summed E-state index contributed by atoms with van der Waals surface area (Å²) in [6, 6.07) is 16.7. The van der Waals surface area contributed by atoms with E-state index in [4.69, 9.17) is 0 Å². The highest BCUT2D eigenvalue weighted by Crippen LogP contribution is 2.33. The summed E-state index contributed by atoms with van der Waals surface area (Å²) in [6.45, 7) is 0. The van der Waals surface area contributed by atoms with E-state index in [0.717, 1.165) is 0 Å². The van der Waals surface area contributed by atoms with E-state index in [1.165, 1.54) is 17.4 Å². The number of carbonyl (C=O) groups excluding carboxylic acids is 2. The van der Waals surface area contributed by atoms with Gasteiger partial charge in [0.1, 0.15) is 0 Å². The summed E-state index contributed by atoms with van der Waals surface area (Å²) >= 11 is 1.31. The molecule has 2 aromatic heterocycles. The van der Waals surface area contributed by atoms with Crippen LogP contribution in [-0.2, 0) is 0 Å². The number of thiophene rings is 1. The van der Waals surface area contributed by atoms with Gasteiger partial charge in [-0.2, -0.15) is 4.73 Å². The molecule has 0 aliphatic carbocycles. The predicted octanol–water partition coefficient (Wildman–Crippen LogP) is 4.13. The van der Waals surface area contributed by atoms with Crippen molar-refractivity contribution in [3.05, 3.63) is 82.0 Å². The standard InChI is InChI=1S/C20H14N2O4S/c23-18(12-5-2-1-3-6-12)17-14-9-8-13(11-15(14)22(26)20(17)25)21-19(24)16-7-4-10-27-16/h1-11,25-26H,(H,21,24). The molecule has 7 heteroatoms. The molecule has 0 aliphatic heterocycles. The van der Waals surface area contributed by atoms with Gasteiger partial charge in [-0.15, -0.1) is 11.3 Å². The summed E-state index contributed by atoms with van der Waals surface area (Å²) in [4.78, 5) is 25.5. The molecule has 27 heavy (non-hydrogen) atoms. The molecule has 0 saturated heterocycles. The monoisotopic (exact) mass is 378 g/mol. The fraction of sp³-hybridized carbons (Fsp3) is 0. The van der Waals surface area contributed by atoms with Gasteiger partial charge in [0.25, 0.3) is 5.91 Å². The van der Waals surface area contributed by atoms with Crippen LogP contribution >= 0.6 is 11.3 Å². The SMILES string of the molecule is O=C(Nc1ccc2c(C(=O)c3ccccc3)c(O)n(O)c2c1)c1cccs1. The van der Waals surface area contributed by atoms with Gasteiger partial charge in [0.15, 0.2) is 5.78 Å². The van der Waals surface area contributed by atoms with Gasteiger partial charge in [0, 0.05) is 16.6 Å². The minimum Gasteiger partial charge on any atom is -0.492 e. The van der Waals surface area contributed by atoms with Crippen molar-refractivity contribution >= 4 is 39.6 Å². The van der Waals surface area contributed by atoms with Crippen molar-refractivity contribution in [1.29, 1.82) is 0 Å². The van der Waals surface area contributed by atoms with Crippen molar-refractivity contribution in [1.82, 2.24) is 4.73 Å². The Morgan fingerprint density at radius 3 is 2.48 bits per heavy atom. The van der Waals surface area contributed by atoms with Crippen molar-refractivity contribution < 1.29 is 19.9 Å². The van der Waals surface area contributed by atoms with Crippen LogP contribution in [0.4, 0.5) is 5.69 Å². The Balaban J connectivity index is 1.74. The lowest BCUT2D eigenvalue weighted by Gasteiger charge is -2.04. The molecule has 0 spiro atoms. The van der Waals surface area contributed by atoms with Crippen LogP contribution in [0.5, 0.6) is 5.88 Å². The van der Waals surface area contributed by atoms with Crippen LogP contribution in [0, 0.1) is 0 Å². The Bertz CT molecular complexity index is 1150. The van der Waals surface area contributed by atoms with E-state index in [1.54, 1.807) is 60.0 Å². The average Bonchev–Trinajstić information content (AvgIpc) is 3.31. The fourth-order valence-electron chi connectivity index (χ4n) is 2.89. The molecule has 0 radical (unpaired) electrons. The third-order valence-electron chi connectivity index (χ3n) is 4.19. The first kappa shape index (κ1) is 16.9. The molecule has 4 rings (SSSR count). The summed E-state index contributed by atoms with van der Waals surface area (Å²) < 4.78 is 0.548. The Morgan fingerprint density at radius 2 is 1.78 bits per heavy atom. The third kappa shape index (κ3) is 2.94. The van der Waals surface area contributed by atoms with Gasteiger partial charge in [-0.3, -0.25) is 9.59 Å². The number of benzene rings is 2. The average molecular weight is 378 g/mol. The van der Waals surface area contributed by atoms with Crippen LogP contribution in [0.15, 0.2) is 66.0 Å². The van der Waals surface area contributed by atoms with Gasteiger partial charge in [0.2, 0.25) is 5.88 Å². The number of nitrogens with one attached hydrogen (secondary N) is 1. The molecule has 134 valence electrons. The number of anilines is 1. The highest BCUT2D eigenvalue weighted by atomic mass is 32.1. The van der Waals surface area contributed by atoms with Gasteiger partial charge < -0.3 is 15.6 Å². The van der Waals surface area contributed by atoms with Gasteiger partial charge in [-0.05, 0) is 29.6 Å². The molecule has 2 aromatic carbocycles. The second-order valence-electron chi connectivity index (χ2n) is 5.87. The van der Waals surface area contributed by atoms with E-state index in [1.807, 2.05) is 0 Å². The van der Waals surface area contributed by atoms with Crippen LogP contribution in [0.25, 0.3) is 10.9 Å². The zero-order chi connectivity index (χ0) is 19.0. The molecule has 2 heterocycles. The van der Waals surface area contributed by atoms with E-state index in [9.17, 15) is 19.9 Å². The van der Waals surface area contributed by atoms with Crippen molar-refractivity contribution in [2.24, 2.45) is 0 Å². The molecule has 3 N–H and O–H groups in total. The van der Waals surface area contributed by atoms with Crippen LogP contribution < -0.4 is 5.32 Å². The molecule has 0 saturated carbocycles. The summed E-state index contributed by atoms with van der Waals surface area (Å²) in [5.74, 6) is -1.22. The number of fused-ring (bicyclic) bond motifs is 1. The summed E-state index contributed by atoms with van der Waals surface area (Å²) in [6.07, 6.45) is 0. The summed E-state index contributed by atoms with van der Waals surface area (Å²) in [5.41, 5.74) is 1.06. The quantitative estimate of drug-likeness (QED) is 0.368. The maximum atomic E-state index is 12.8. The largest absolute Gasteiger partial charge is 0.492 e. The molecule has 0 fully saturated rings. The zero-order valence-electron chi connectivity index (χ0n) is 13.9. The van der Waals surface area contributed by atoms with Crippen LogP contribution in [0.1, 0.15) is 25.6 Å². The smallest absolute Gasteiger partial charge is 0.265 e. The van der Waals surface area contributed by atoms with Crippen LogP contribution in [0.3, 0.4) is 0 Å². The van der Waals surface area contributed by atoms with Crippen molar-refractivity contribution in [3.8, 4) is 5.88 Å². The van der Waals surface area contributed by atoms with Crippen molar-refractivity contribution in [2.45, 2.75) is 0 Å². The number of rotatable bonds is 4. The van der Waals surface area contributed by atoms with E-state index >= 15 is 0 Å². The first-order chi connectivity index (χ1) is 13.1. The van der Waals surface area contributed by atoms with E-state index in [2.05, 4.69) is 5.32 Å². The molecule has 0 atom stereocenters.